The molecule has 0 aromatic carbocycles. The van der Waals surface area contributed by atoms with E-state index in [0.717, 1.165) is 0 Å². The molecule has 0 aromatic heterocycles. The summed E-state index contributed by atoms with van der Waals surface area (Å²) in [6.45, 7) is 14.1. The van der Waals surface area contributed by atoms with Gasteiger partial charge in [0, 0.05) is 5.54 Å². The van der Waals surface area contributed by atoms with Crippen molar-refractivity contribution < 1.29 is 0 Å². The molecule has 1 heteroatoms. The van der Waals surface area contributed by atoms with Crippen LogP contribution in [0, 0.1) is 0 Å². The van der Waals surface area contributed by atoms with Crippen LogP contribution in [-0.4, -0.2) is 23.5 Å². The zero-order valence-electron chi connectivity index (χ0n) is 12.3. The van der Waals surface area contributed by atoms with Crippen molar-refractivity contribution in [2.75, 3.05) is 13.1 Å². The highest BCUT2D eigenvalue weighted by Gasteiger charge is 2.28. The molecule has 0 spiro atoms. The molecule has 0 aliphatic carbocycles. The van der Waals surface area contributed by atoms with Gasteiger partial charge in [-0.1, -0.05) is 59.8 Å². The Morgan fingerprint density at radius 3 is 1.69 bits per heavy atom. The molecule has 0 saturated heterocycles. The van der Waals surface area contributed by atoms with E-state index in [9.17, 15) is 0 Å². The minimum absolute atomic E-state index is 0.453. The van der Waals surface area contributed by atoms with Crippen LogP contribution in [0.4, 0.5) is 0 Å². The van der Waals surface area contributed by atoms with Gasteiger partial charge in [0.1, 0.15) is 0 Å². The number of nitrogens with zero attached hydrogens (tertiary/aromatic N) is 1. The van der Waals surface area contributed by atoms with Crippen LogP contribution < -0.4 is 0 Å². The highest BCUT2D eigenvalue weighted by Crippen LogP contribution is 2.28. The molecular formula is C15H33N. The number of hydrogen-bond acceptors (Lipinski definition) is 1. The molecule has 0 radical (unpaired) electrons. The Morgan fingerprint density at radius 2 is 1.25 bits per heavy atom. The van der Waals surface area contributed by atoms with Crippen molar-refractivity contribution in [2.24, 2.45) is 0 Å². The van der Waals surface area contributed by atoms with Crippen molar-refractivity contribution in [3.63, 3.8) is 0 Å². The van der Waals surface area contributed by atoms with Crippen molar-refractivity contribution >= 4 is 0 Å². The normalized spacial score (nSPS) is 15.4. The lowest BCUT2D eigenvalue weighted by Crippen LogP contribution is -2.46. The van der Waals surface area contributed by atoms with E-state index < -0.39 is 0 Å². The molecule has 1 nitrogen and oxygen atoms in total. The molecule has 0 amide bonds. The zero-order valence-corrected chi connectivity index (χ0v) is 12.3. The highest BCUT2D eigenvalue weighted by atomic mass is 15.2. The minimum Gasteiger partial charge on any atom is -0.298 e. The first-order valence-electron chi connectivity index (χ1n) is 7.39. The third-order valence-corrected chi connectivity index (χ3v) is 3.91. The third-order valence-electron chi connectivity index (χ3n) is 3.91. The third kappa shape index (κ3) is 5.34. The average Bonchev–Trinajstić information content (AvgIpc) is 2.28. The first-order valence-corrected chi connectivity index (χ1v) is 7.39. The molecule has 0 saturated carbocycles. The minimum atomic E-state index is 0.453. The van der Waals surface area contributed by atoms with Crippen LogP contribution in [-0.2, 0) is 0 Å². The van der Waals surface area contributed by atoms with E-state index in [4.69, 9.17) is 0 Å². The van der Waals surface area contributed by atoms with Crippen LogP contribution in [0.25, 0.3) is 0 Å². The van der Waals surface area contributed by atoms with Crippen LogP contribution in [0.3, 0.4) is 0 Å². The summed E-state index contributed by atoms with van der Waals surface area (Å²) in [6.07, 6.45) is 9.57. The molecule has 0 heterocycles. The van der Waals surface area contributed by atoms with Crippen molar-refractivity contribution in [2.45, 2.75) is 85.1 Å². The van der Waals surface area contributed by atoms with Gasteiger partial charge in [-0.3, -0.25) is 4.90 Å². The fourth-order valence-electron chi connectivity index (χ4n) is 2.74. The zero-order chi connectivity index (χ0) is 12.4. The summed E-state index contributed by atoms with van der Waals surface area (Å²) < 4.78 is 0. The monoisotopic (exact) mass is 227 g/mol. The topological polar surface area (TPSA) is 3.24 Å². The van der Waals surface area contributed by atoms with Gasteiger partial charge in [0.25, 0.3) is 0 Å². The van der Waals surface area contributed by atoms with Gasteiger partial charge in [-0.05, 0) is 32.9 Å². The van der Waals surface area contributed by atoms with E-state index in [1.165, 1.54) is 58.0 Å². The Hall–Kier alpha value is -0.0400. The van der Waals surface area contributed by atoms with Crippen LogP contribution in [0.5, 0.6) is 0 Å². The lowest BCUT2D eigenvalue weighted by Gasteiger charge is -2.41. The van der Waals surface area contributed by atoms with E-state index in [0.29, 0.717) is 5.54 Å². The fourth-order valence-corrected chi connectivity index (χ4v) is 2.74. The van der Waals surface area contributed by atoms with Crippen LogP contribution in [0.15, 0.2) is 0 Å². The quantitative estimate of drug-likeness (QED) is 0.482. The maximum atomic E-state index is 2.66. The predicted molar refractivity (Wildman–Crippen MR) is 75.0 cm³/mol. The fraction of sp³-hybridized carbons (Fsp3) is 1.00. The Morgan fingerprint density at radius 1 is 0.750 bits per heavy atom. The second-order valence-corrected chi connectivity index (χ2v) is 5.23. The van der Waals surface area contributed by atoms with Crippen molar-refractivity contribution in [3.05, 3.63) is 0 Å². The van der Waals surface area contributed by atoms with Gasteiger partial charge < -0.3 is 0 Å². The van der Waals surface area contributed by atoms with Crippen molar-refractivity contribution in [1.82, 2.24) is 4.90 Å². The van der Waals surface area contributed by atoms with E-state index >= 15 is 0 Å². The summed E-state index contributed by atoms with van der Waals surface area (Å²) in [4.78, 5) is 2.66. The highest BCUT2D eigenvalue weighted by molar-refractivity contribution is 4.85. The molecule has 98 valence electrons. The van der Waals surface area contributed by atoms with Gasteiger partial charge in [0.2, 0.25) is 0 Å². The van der Waals surface area contributed by atoms with Gasteiger partial charge in [0.05, 0.1) is 0 Å². The summed E-state index contributed by atoms with van der Waals surface area (Å²) >= 11 is 0. The average molecular weight is 227 g/mol. The Kier molecular flexibility index (Phi) is 9.02. The van der Waals surface area contributed by atoms with Gasteiger partial charge in [-0.15, -0.1) is 0 Å². The molecule has 0 N–H and O–H groups in total. The van der Waals surface area contributed by atoms with Crippen LogP contribution in [0.1, 0.15) is 79.6 Å². The molecule has 0 fully saturated rings. The Labute approximate surface area is 104 Å². The van der Waals surface area contributed by atoms with Crippen LogP contribution >= 0.6 is 0 Å². The molecule has 1 atom stereocenters. The second kappa shape index (κ2) is 9.04. The van der Waals surface area contributed by atoms with Crippen molar-refractivity contribution in [3.8, 4) is 0 Å². The molecule has 0 rings (SSSR count). The standard InChI is InChI=1S/C15H33N/c1-6-10-12-14-15(5,13-11-7-2)16(8-3)9-4/h6-14H2,1-5H3. The lowest BCUT2D eigenvalue weighted by molar-refractivity contribution is 0.0922. The van der Waals surface area contributed by atoms with Crippen LogP contribution in [0.2, 0.25) is 0 Å². The lowest BCUT2D eigenvalue weighted by atomic mass is 9.87. The van der Waals surface area contributed by atoms with E-state index in [-0.39, 0.29) is 0 Å². The van der Waals surface area contributed by atoms with E-state index in [1.807, 2.05) is 0 Å². The molecule has 0 aliphatic heterocycles. The summed E-state index contributed by atoms with van der Waals surface area (Å²) in [6, 6.07) is 0. The molecule has 0 aromatic rings. The summed E-state index contributed by atoms with van der Waals surface area (Å²) in [5.74, 6) is 0. The first kappa shape index (κ1) is 16.0. The number of hydrogen-bond donors (Lipinski definition) is 0. The predicted octanol–water partition coefficient (Wildman–Crippen LogP) is 4.86. The van der Waals surface area contributed by atoms with Gasteiger partial charge >= 0.3 is 0 Å². The maximum absolute atomic E-state index is 2.66. The summed E-state index contributed by atoms with van der Waals surface area (Å²) in [5, 5.41) is 0. The maximum Gasteiger partial charge on any atom is 0.0181 e. The SMILES string of the molecule is CCCCCC(C)(CCCC)N(CC)CC. The van der Waals surface area contributed by atoms with Gasteiger partial charge in [0.15, 0.2) is 0 Å². The second-order valence-electron chi connectivity index (χ2n) is 5.23. The number of rotatable bonds is 10. The summed E-state index contributed by atoms with van der Waals surface area (Å²) in [5.41, 5.74) is 0.453. The summed E-state index contributed by atoms with van der Waals surface area (Å²) in [7, 11) is 0. The Bertz CT molecular complexity index is 152. The molecule has 0 bridgehead atoms. The van der Waals surface area contributed by atoms with Crippen molar-refractivity contribution in [1.29, 1.82) is 0 Å². The molecule has 1 unspecified atom stereocenters. The van der Waals surface area contributed by atoms with Gasteiger partial charge in [-0.25, -0.2) is 0 Å². The van der Waals surface area contributed by atoms with E-state index in [1.54, 1.807) is 0 Å². The van der Waals surface area contributed by atoms with Gasteiger partial charge in [-0.2, -0.15) is 0 Å². The number of unbranched alkanes of at least 4 members (excludes halogenated alkanes) is 3. The molecule has 0 aliphatic rings. The largest absolute Gasteiger partial charge is 0.298 e. The molecular weight excluding hydrogens is 194 g/mol. The smallest absolute Gasteiger partial charge is 0.0181 e. The molecule has 16 heavy (non-hydrogen) atoms. The van der Waals surface area contributed by atoms with E-state index in [2.05, 4.69) is 39.5 Å². The first-order chi connectivity index (χ1) is 7.64. The Balaban J connectivity index is 4.32.